The Kier molecular flexibility index (Phi) is 4.04. The van der Waals surface area contributed by atoms with Crippen LogP contribution in [0.1, 0.15) is 0 Å². The average molecular weight is 339 g/mol. The maximum absolute atomic E-state index is 5.16. The van der Waals surface area contributed by atoms with E-state index in [1.54, 1.807) is 0 Å². The van der Waals surface area contributed by atoms with Crippen molar-refractivity contribution in [2.24, 2.45) is 13.5 Å². The van der Waals surface area contributed by atoms with E-state index >= 15 is 0 Å². The Balaban J connectivity index is 2.24. The van der Waals surface area contributed by atoms with Gasteiger partial charge in [-0.05, 0) is 28.2 Å². The van der Waals surface area contributed by atoms with Crippen molar-refractivity contribution < 1.29 is 0 Å². The van der Waals surface area contributed by atoms with Crippen LogP contribution in [0, 0.1) is 0 Å². The molecule has 3 aliphatic heterocycles. The normalized spacial score (nSPS) is 39.6. The van der Waals surface area contributed by atoms with Gasteiger partial charge in [0.1, 0.15) is 0 Å². The second kappa shape index (κ2) is 5.27. The highest BCUT2D eigenvalue weighted by Gasteiger charge is 2.46. The Hall–Kier alpha value is 0.450. The van der Waals surface area contributed by atoms with Gasteiger partial charge >= 0.3 is 0 Å². The molecular weight excluding hydrogens is 315 g/mol. The SMILES string of the molecule is CNP1(NC)=N[P@@](NC)(N2CC2)=N[P@](NC)(N2CC2)=N1. The molecule has 2 atom stereocenters. The van der Waals surface area contributed by atoms with Crippen molar-refractivity contribution in [1.29, 1.82) is 0 Å². The van der Waals surface area contributed by atoms with Crippen molar-refractivity contribution in [1.82, 2.24) is 29.7 Å². The lowest BCUT2D eigenvalue weighted by molar-refractivity contribution is 0.847. The minimum Gasteiger partial charge on any atom is -0.257 e. The molecule has 20 heavy (non-hydrogen) atoms. The molecule has 3 aliphatic rings. The Morgan fingerprint density at radius 3 is 1.45 bits per heavy atom. The zero-order valence-electron chi connectivity index (χ0n) is 12.4. The summed E-state index contributed by atoms with van der Waals surface area (Å²) in [5.41, 5.74) is 0. The fraction of sp³-hybridized carbons (Fsp3) is 1.00. The van der Waals surface area contributed by atoms with Crippen LogP contribution in [0.2, 0.25) is 0 Å². The average Bonchev–Trinajstić information content (AvgIpc) is 3.35. The molecule has 12 heteroatoms. The maximum Gasteiger partial charge on any atom is 0.218 e. The van der Waals surface area contributed by atoms with Crippen LogP contribution in [0.3, 0.4) is 0 Å². The monoisotopic (exact) mass is 339 g/mol. The topological polar surface area (TPSA) is 91.2 Å². The lowest BCUT2D eigenvalue weighted by atomic mass is 11.0. The minimum absolute atomic E-state index is 1.07. The van der Waals surface area contributed by atoms with Crippen LogP contribution in [-0.2, 0) is 0 Å². The van der Waals surface area contributed by atoms with Gasteiger partial charge in [0.2, 0.25) is 22.5 Å². The standard InChI is InChI=1S/C8H24N9P3/c1-9-18(10-2)13-19(11-3,16-5-6-16)15-20(12-4,14-18)17-7-8-17/h9-12H,5-8H2,1-4H3/t19-,20-/m1/s1. The van der Waals surface area contributed by atoms with Gasteiger partial charge in [0.05, 0.1) is 0 Å². The molecule has 0 aromatic carbocycles. The van der Waals surface area contributed by atoms with Gasteiger partial charge in [0, 0.05) is 26.2 Å². The van der Waals surface area contributed by atoms with Gasteiger partial charge in [-0.25, -0.2) is 9.34 Å². The Labute approximate surface area is 120 Å². The molecule has 0 spiro atoms. The largest absolute Gasteiger partial charge is 0.257 e. The van der Waals surface area contributed by atoms with Gasteiger partial charge in [-0.3, -0.25) is 20.3 Å². The molecule has 9 nitrogen and oxygen atoms in total. The van der Waals surface area contributed by atoms with Gasteiger partial charge in [-0.2, -0.15) is 13.5 Å². The molecular formula is C8H24N9P3. The van der Waals surface area contributed by atoms with Gasteiger partial charge in [-0.1, -0.05) is 0 Å². The highest BCUT2D eigenvalue weighted by atomic mass is 31.3. The zero-order chi connectivity index (χ0) is 14.4. The van der Waals surface area contributed by atoms with Gasteiger partial charge in [0.25, 0.3) is 0 Å². The first-order valence-electron chi connectivity index (χ1n) is 6.76. The molecule has 0 amide bonds. The third kappa shape index (κ3) is 2.39. The summed E-state index contributed by atoms with van der Waals surface area (Å²) in [6.45, 7) is 4.27. The zero-order valence-corrected chi connectivity index (χ0v) is 15.1. The smallest absolute Gasteiger partial charge is 0.218 e. The van der Waals surface area contributed by atoms with E-state index in [2.05, 4.69) is 29.7 Å². The first kappa shape index (κ1) is 15.3. The molecule has 0 radical (unpaired) electrons. The van der Waals surface area contributed by atoms with Crippen molar-refractivity contribution >= 4 is 22.5 Å². The maximum atomic E-state index is 5.16. The van der Waals surface area contributed by atoms with E-state index in [0.29, 0.717) is 0 Å². The predicted molar refractivity (Wildman–Crippen MR) is 87.4 cm³/mol. The molecule has 0 unspecified atom stereocenters. The van der Waals surface area contributed by atoms with Crippen molar-refractivity contribution in [3.05, 3.63) is 0 Å². The van der Waals surface area contributed by atoms with E-state index in [-0.39, 0.29) is 0 Å². The summed E-state index contributed by atoms with van der Waals surface area (Å²) in [5, 5.41) is 13.5. The number of nitrogens with one attached hydrogen (secondary N) is 4. The van der Waals surface area contributed by atoms with E-state index < -0.39 is 22.5 Å². The Bertz CT molecular complexity index is 534. The number of hydrogen-bond donors (Lipinski definition) is 4. The first-order valence-corrected chi connectivity index (χ1v) is 11.7. The summed E-state index contributed by atoms with van der Waals surface area (Å²) in [4.78, 5) is 0. The fourth-order valence-electron chi connectivity index (χ4n) is 2.21. The lowest BCUT2D eigenvalue weighted by Gasteiger charge is -2.36. The van der Waals surface area contributed by atoms with E-state index in [0.717, 1.165) is 26.2 Å². The summed E-state index contributed by atoms with van der Waals surface area (Å²) in [5.74, 6) is 0. The third-order valence-electron chi connectivity index (χ3n) is 3.62. The number of nitrogens with zero attached hydrogens (tertiary/aromatic N) is 5. The Morgan fingerprint density at radius 2 is 1.10 bits per heavy atom. The second-order valence-electron chi connectivity index (χ2n) is 4.81. The van der Waals surface area contributed by atoms with Gasteiger partial charge < -0.3 is 0 Å². The summed E-state index contributed by atoms with van der Waals surface area (Å²) in [6, 6.07) is 0. The van der Waals surface area contributed by atoms with E-state index in [9.17, 15) is 0 Å². The molecule has 3 rings (SSSR count). The summed E-state index contributed by atoms with van der Waals surface area (Å²) in [7, 11) is 1.64. The van der Waals surface area contributed by atoms with Crippen molar-refractivity contribution in [2.75, 3.05) is 54.4 Å². The molecule has 2 fully saturated rings. The Morgan fingerprint density at radius 1 is 0.650 bits per heavy atom. The van der Waals surface area contributed by atoms with Crippen molar-refractivity contribution in [3.8, 4) is 0 Å². The van der Waals surface area contributed by atoms with Crippen LogP contribution < -0.4 is 20.3 Å². The highest BCUT2D eigenvalue weighted by Crippen LogP contribution is 2.76. The molecule has 0 saturated carbocycles. The van der Waals surface area contributed by atoms with E-state index in [1.165, 1.54) is 0 Å². The van der Waals surface area contributed by atoms with E-state index in [4.69, 9.17) is 13.5 Å². The molecule has 3 heterocycles. The molecule has 0 aromatic heterocycles. The fourth-order valence-corrected chi connectivity index (χ4v) is 14.6. The van der Waals surface area contributed by atoms with Crippen LogP contribution in [0.4, 0.5) is 0 Å². The molecule has 4 N–H and O–H groups in total. The van der Waals surface area contributed by atoms with Crippen molar-refractivity contribution in [2.45, 2.75) is 0 Å². The number of hydrogen-bond acceptors (Lipinski definition) is 9. The summed E-state index contributed by atoms with van der Waals surface area (Å²) < 4.78 is 20.0. The minimum atomic E-state index is -2.11. The van der Waals surface area contributed by atoms with Crippen LogP contribution in [0.5, 0.6) is 0 Å². The summed E-state index contributed by atoms with van der Waals surface area (Å²) >= 11 is 0. The number of rotatable bonds is 6. The van der Waals surface area contributed by atoms with Crippen LogP contribution in [0.15, 0.2) is 13.5 Å². The van der Waals surface area contributed by atoms with Gasteiger partial charge in [0.15, 0.2) is 0 Å². The van der Waals surface area contributed by atoms with Crippen molar-refractivity contribution in [3.63, 3.8) is 0 Å². The lowest BCUT2D eigenvalue weighted by Crippen LogP contribution is -2.22. The highest BCUT2D eigenvalue weighted by molar-refractivity contribution is 7.83. The third-order valence-corrected chi connectivity index (χ3v) is 14.5. The second-order valence-corrected chi connectivity index (χ2v) is 13.4. The molecule has 0 aromatic rings. The van der Waals surface area contributed by atoms with Crippen LogP contribution >= 0.6 is 22.5 Å². The van der Waals surface area contributed by atoms with Gasteiger partial charge in [-0.15, -0.1) is 0 Å². The summed E-state index contributed by atoms with van der Waals surface area (Å²) in [6.07, 6.45) is 0. The molecule has 116 valence electrons. The van der Waals surface area contributed by atoms with Crippen LogP contribution in [-0.4, -0.2) is 63.7 Å². The van der Waals surface area contributed by atoms with Crippen LogP contribution in [0.25, 0.3) is 0 Å². The predicted octanol–water partition coefficient (Wildman–Crippen LogP) is 1.35. The first-order chi connectivity index (χ1) is 9.57. The molecule has 2 saturated heterocycles. The molecule has 0 bridgehead atoms. The quantitative estimate of drug-likeness (QED) is 0.431. The molecule has 0 aliphatic carbocycles. The van der Waals surface area contributed by atoms with E-state index in [1.807, 2.05) is 28.2 Å².